The molecule has 17 heavy (non-hydrogen) atoms. The summed E-state index contributed by atoms with van der Waals surface area (Å²) < 4.78 is 0. The molecule has 0 aliphatic heterocycles. The quantitative estimate of drug-likeness (QED) is 0.672. The standard InChI is InChI=1S/C13H24N2O2/c1-9(10-3-4-10)15(2)8-7-12(13(16)17)14-11-5-6-11/h9-12,14H,3-8H2,1-2H3,(H,16,17). The smallest absolute Gasteiger partial charge is 0.320 e. The van der Waals surface area contributed by atoms with Crippen molar-refractivity contribution in [3.63, 3.8) is 0 Å². The van der Waals surface area contributed by atoms with Crippen LogP contribution in [-0.2, 0) is 4.79 Å². The van der Waals surface area contributed by atoms with Crippen LogP contribution in [-0.4, -0.2) is 47.7 Å². The first-order valence-corrected chi connectivity index (χ1v) is 6.77. The summed E-state index contributed by atoms with van der Waals surface area (Å²) in [5, 5.41) is 12.3. The van der Waals surface area contributed by atoms with Crippen LogP contribution in [0.2, 0.25) is 0 Å². The van der Waals surface area contributed by atoms with E-state index in [2.05, 4.69) is 24.2 Å². The van der Waals surface area contributed by atoms with E-state index in [1.807, 2.05) is 0 Å². The molecule has 0 saturated heterocycles. The summed E-state index contributed by atoms with van der Waals surface area (Å²) in [4.78, 5) is 13.4. The van der Waals surface area contributed by atoms with Gasteiger partial charge in [-0.05, 0) is 52.0 Å². The highest BCUT2D eigenvalue weighted by Crippen LogP contribution is 2.34. The highest BCUT2D eigenvalue weighted by Gasteiger charge is 2.32. The van der Waals surface area contributed by atoms with Gasteiger partial charge in [0.2, 0.25) is 0 Å². The Morgan fingerprint density at radius 2 is 2.06 bits per heavy atom. The van der Waals surface area contributed by atoms with E-state index in [9.17, 15) is 4.79 Å². The molecular weight excluding hydrogens is 216 g/mol. The molecule has 0 aromatic rings. The fourth-order valence-corrected chi connectivity index (χ4v) is 2.29. The normalized spacial score (nSPS) is 23.7. The number of nitrogens with one attached hydrogen (secondary N) is 1. The molecule has 2 aliphatic carbocycles. The van der Waals surface area contributed by atoms with Crippen molar-refractivity contribution in [2.45, 2.75) is 57.2 Å². The second-order valence-electron chi connectivity index (χ2n) is 5.68. The van der Waals surface area contributed by atoms with Gasteiger partial charge in [0.25, 0.3) is 0 Å². The summed E-state index contributed by atoms with van der Waals surface area (Å²) >= 11 is 0. The highest BCUT2D eigenvalue weighted by molar-refractivity contribution is 5.73. The van der Waals surface area contributed by atoms with Gasteiger partial charge in [-0.25, -0.2) is 0 Å². The Labute approximate surface area is 103 Å². The molecule has 2 unspecified atom stereocenters. The predicted molar refractivity (Wildman–Crippen MR) is 67.0 cm³/mol. The Hall–Kier alpha value is -0.610. The summed E-state index contributed by atoms with van der Waals surface area (Å²) in [6.07, 6.45) is 5.66. The maximum absolute atomic E-state index is 11.1. The molecule has 0 aromatic heterocycles. The van der Waals surface area contributed by atoms with Crippen molar-refractivity contribution in [1.29, 1.82) is 0 Å². The van der Waals surface area contributed by atoms with Crippen LogP contribution >= 0.6 is 0 Å². The molecule has 0 spiro atoms. The van der Waals surface area contributed by atoms with E-state index < -0.39 is 5.97 Å². The van der Waals surface area contributed by atoms with Crippen molar-refractivity contribution >= 4 is 5.97 Å². The Morgan fingerprint density at radius 3 is 2.53 bits per heavy atom. The van der Waals surface area contributed by atoms with E-state index in [0.717, 1.165) is 25.3 Å². The van der Waals surface area contributed by atoms with E-state index >= 15 is 0 Å². The SMILES string of the molecule is CC(C1CC1)N(C)CCC(NC1CC1)C(=O)O. The van der Waals surface area contributed by atoms with Gasteiger partial charge in [0.1, 0.15) is 6.04 Å². The first kappa shape index (κ1) is 12.8. The molecule has 2 N–H and O–H groups in total. The maximum atomic E-state index is 11.1. The average molecular weight is 240 g/mol. The largest absolute Gasteiger partial charge is 0.480 e. The van der Waals surface area contributed by atoms with Gasteiger partial charge in [-0.15, -0.1) is 0 Å². The third-order valence-corrected chi connectivity index (χ3v) is 4.08. The molecule has 4 nitrogen and oxygen atoms in total. The molecule has 98 valence electrons. The molecular formula is C13H24N2O2. The lowest BCUT2D eigenvalue weighted by molar-refractivity contribution is -0.139. The van der Waals surface area contributed by atoms with Crippen LogP contribution < -0.4 is 5.32 Å². The zero-order valence-corrected chi connectivity index (χ0v) is 10.9. The molecule has 0 bridgehead atoms. The Morgan fingerprint density at radius 1 is 1.41 bits per heavy atom. The van der Waals surface area contributed by atoms with Gasteiger partial charge < -0.3 is 15.3 Å². The third kappa shape index (κ3) is 3.96. The van der Waals surface area contributed by atoms with Crippen molar-refractivity contribution in [1.82, 2.24) is 10.2 Å². The van der Waals surface area contributed by atoms with Crippen molar-refractivity contribution in [3.8, 4) is 0 Å². The maximum Gasteiger partial charge on any atom is 0.320 e. The predicted octanol–water partition coefficient (Wildman–Crippen LogP) is 1.31. The van der Waals surface area contributed by atoms with E-state index in [1.165, 1.54) is 12.8 Å². The fraction of sp³-hybridized carbons (Fsp3) is 0.923. The fourth-order valence-electron chi connectivity index (χ4n) is 2.29. The highest BCUT2D eigenvalue weighted by atomic mass is 16.4. The first-order valence-electron chi connectivity index (χ1n) is 6.77. The zero-order chi connectivity index (χ0) is 12.4. The first-order chi connectivity index (χ1) is 8.08. The van der Waals surface area contributed by atoms with Crippen molar-refractivity contribution in [3.05, 3.63) is 0 Å². The molecule has 0 amide bonds. The minimum absolute atomic E-state index is 0.364. The summed E-state index contributed by atoms with van der Waals surface area (Å²) in [5.74, 6) is 0.143. The number of carbonyl (C=O) groups is 1. The number of hydrogen-bond acceptors (Lipinski definition) is 3. The number of carboxylic acid groups (broad SMARTS) is 1. The molecule has 2 atom stereocenters. The van der Waals surface area contributed by atoms with Crippen LogP contribution in [0.3, 0.4) is 0 Å². The van der Waals surface area contributed by atoms with Gasteiger partial charge in [0.15, 0.2) is 0 Å². The topological polar surface area (TPSA) is 52.6 Å². The number of aliphatic carboxylic acids is 1. The van der Waals surface area contributed by atoms with Crippen LogP contribution in [0.4, 0.5) is 0 Å². The second-order valence-corrected chi connectivity index (χ2v) is 5.68. The summed E-state index contributed by atoms with van der Waals surface area (Å²) in [5.41, 5.74) is 0. The lowest BCUT2D eigenvalue weighted by Gasteiger charge is -2.26. The van der Waals surface area contributed by atoms with E-state index in [4.69, 9.17) is 5.11 Å². The molecule has 2 fully saturated rings. The Bertz CT molecular complexity index is 275. The van der Waals surface area contributed by atoms with Crippen molar-refractivity contribution < 1.29 is 9.90 Å². The van der Waals surface area contributed by atoms with Crippen LogP contribution in [0.1, 0.15) is 39.0 Å². The average Bonchev–Trinajstić information content (AvgIpc) is 3.15. The van der Waals surface area contributed by atoms with Gasteiger partial charge in [0.05, 0.1) is 0 Å². The Balaban J connectivity index is 1.71. The molecule has 0 aromatic carbocycles. The third-order valence-electron chi connectivity index (χ3n) is 4.08. The Kier molecular flexibility index (Phi) is 4.05. The lowest BCUT2D eigenvalue weighted by atomic mass is 10.1. The van der Waals surface area contributed by atoms with E-state index in [0.29, 0.717) is 18.5 Å². The summed E-state index contributed by atoms with van der Waals surface area (Å²) in [6.45, 7) is 3.12. The van der Waals surface area contributed by atoms with Gasteiger partial charge in [-0.2, -0.15) is 0 Å². The molecule has 2 aliphatic rings. The van der Waals surface area contributed by atoms with E-state index in [1.54, 1.807) is 0 Å². The number of carboxylic acids is 1. The van der Waals surface area contributed by atoms with Gasteiger partial charge in [-0.3, -0.25) is 4.79 Å². The molecule has 4 heteroatoms. The van der Waals surface area contributed by atoms with Gasteiger partial charge in [0, 0.05) is 18.6 Å². The van der Waals surface area contributed by atoms with Crippen LogP contribution in [0.25, 0.3) is 0 Å². The molecule has 2 saturated carbocycles. The summed E-state index contributed by atoms with van der Waals surface area (Å²) in [6, 6.07) is 0.698. The molecule has 2 rings (SSSR count). The van der Waals surface area contributed by atoms with Crippen molar-refractivity contribution in [2.24, 2.45) is 5.92 Å². The van der Waals surface area contributed by atoms with Gasteiger partial charge in [-0.1, -0.05) is 0 Å². The van der Waals surface area contributed by atoms with Crippen LogP contribution in [0.15, 0.2) is 0 Å². The number of hydrogen-bond donors (Lipinski definition) is 2. The minimum Gasteiger partial charge on any atom is -0.480 e. The van der Waals surface area contributed by atoms with Crippen LogP contribution in [0, 0.1) is 5.92 Å². The molecule has 0 heterocycles. The minimum atomic E-state index is -0.704. The van der Waals surface area contributed by atoms with Gasteiger partial charge >= 0.3 is 5.97 Å². The number of nitrogens with zero attached hydrogens (tertiary/aromatic N) is 1. The number of rotatable bonds is 8. The lowest BCUT2D eigenvalue weighted by Crippen LogP contribution is -2.42. The summed E-state index contributed by atoms with van der Waals surface area (Å²) in [7, 11) is 2.11. The van der Waals surface area contributed by atoms with E-state index in [-0.39, 0.29) is 6.04 Å². The molecule has 0 radical (unpaired) electrons. The van der Waals surface area contributed by atoms with Crippen molar-refractivity contribution in [2.75, 3.05) is 13.6 Å². The van der Waals surface area contributed by atoms with Crippen LogP contribution in [0.5, 0.6) is 0 Å². The second kappa shape index (κ2) is 5.36. The zero-order valence-electron chi connectivity index (χ0n) is 10.9. The monoisotopic (exact) mass is 240 g/mol.